The maximum Gasteiger partial charge on any atom is 0.277 e. The van der Waals surface area contributed by atoms with Crippen LogP contribution in [0.3, 0.4) is 0 Å². The highest BCUT2D eigenvalue weighted by atomic mass is 35.5. The Hall–Kier alpha value is -1.73. The summed E-state index contributed by atoms with van der Waals surface area (Å²) in [6.07, 6.45) is 1.05. The lowest BCUT2D eigenvalue weighted by atomic mass is 10.0. The molecule has 0 aromatic heterocycles. The number of carbonyl (C=O) groups is 2. The number of aryl methyl sites for hydroxylation is 1. The molecule has 128 valence electrons. The number of amides is 2. The van der Waals surface area contributed by atoms with Crippen molar-refractivity contribution in [2.24, 2.45) is 5.73 Å². The fraction of sp³-hybridized carbons (Fsp3) is 0.467. The minimum Gasteiger partial charge on any atom is -0.350 e. The summed E-state index contributed by atoms with van der Waals surface area (Å²) < 4.78 is 25.9. The predicted molar refractivity (Wildman–Crippen MR) is 86.0 cm³/mol. The molecule has 0 spiro atoms. The Kier molecular flexibility index (Phi) is 6.90. The molecule has 0 unspecified atom stereocenters. The van der Waals surface area contributed by atoms with Crippen molar-refractivity contribution in [1.29, 1.82) is 0 Å². The first-order chi connectivity index (χ1) is 10.4. The number of para-hydroxylation sites is 1. The molecule has 0 bridgehead atoms. The standard InChI is InChI=1S/C15H19F2N3O2.ClH/c16-15(17,9-18)10-19-13(21)7-8-20-12-4-2-1-3-11(12)5-6-14(20)22;/h1-4H,5-10,18H2,(H,19,21);1H. The first kappa shape index (κ1) is 19.3. The van der Waals surface area contributed by atoms with E-state index >= 15 is 0 Å². The molecular formula is C15H20ClF2N3O2. The molecule has 1 aromatic rings. The fourth-order valence-electron chi connectivity index (χ4n) is 2.34. The number of halogens is 3. The molecule has 8 heteroatoms. The number of hydrogen-bond donors (Lipinski definition) is 2. The van der Waals surface area contributed by atoms with Crippen LogP contribution < -0.4 is 16.0 Å². The monoisotopic (exact) mass is 347 g/mol. The van der Waals surface area contributed by atoms with Crippen molar-refractivity contribution in [3.8, 4) is 0 Å². The topological polar surface area (TPSA) is 75.4 Å². The van der Waals surface area contributed by atoms with Crippen molar-refractivity contribution < 1.29 is 18.4 Å². The van der Waals surface area contributed by atoms with Gasteiger partial charge in [-0.1, -0.05) is 18.2 Å². The highest BCUT2D eigenvalue weighted by molar-refractivity contribution is 5.96. The quantitative estimate of drug-likeness (QED) is 0.818. The highest BCUT2D eigenvalue weighted by Crippen LogP contribution is 2.27. The van der Waals surface area contributed by atoms with E-state index in [0.29, 0.717) is 12.8 Å². The van der Waals surface area contributed by atoms with Crippen molar-refractivity contribution in [3.05, 3.63) is 29.8 Å². The zero-order chi connectivity index (χ0) is 16.2. The maximum absolute atomic E-state index is 13.0. The summed E-state index contributed by atoms with van der Waals surface area (Å²) in [5.74, 6) is -3.69. The second kappa shape index (κ2) is 8.21. The normalized spacial score (nSPS) is 14.0. The Morgan fingerprint density at radius 3 is 2.70 bits per heavy atom. The second-order valence-corrected chi connectivity index (χ2v) is 5.26. The Bertz CT molecular complexity index is 569. The smallest absolute Gasteiger partial charge is 0.277 e. The number of alkyl halides is 2. The SMILES string of the molecule is Cl.NCC(F)(F)CNC(=O)CCN1C(=O)CCc2ccccc21. The van der Waals surface area contributed by atoms with Gasteiger partial charge < -0.3 is 16.0 Å². The molecule has 2 rings (SSSR count). The summed E-state index contributed by atoms with van der Waals surface area (Å²) in [5.41, 5.74) is 6.74. The molecule has 0 saturated heterocycles. The van der Waals surface area contributed by atoms with Gasteiger partial charge in [0.05, 0.1) is 13.1 Å². The molecule has 0 saturated carbocycles. The van der Waals surface area contributed by atoms with Crippen LogP contribution in [0.2, 0.25) is 0 Å². The van der Waals surface area contributed by atoms with E-state index in [2.05, 4.69) is 5.32 Å². The number of hydrogen-bond acceptors (Lipinski definition) is 3. The van der Waals surface area contributed by atoms with Crippen molar-refractivity contribution in [3.63, 3.8) is 0 Å². The number of fused-ring (bicyclic) bond motifs is 1. The van der Waals surface area contributed by atoms with E-state index in [-0.39, 0.29) is 31.3 Å². The summed E-state index contributed by atoms with van der Waals surface area (Å²) in [4.78, 5) is 25.2. The minimum absolute atomic E-state index is 0. The van der Waals surface area contributed by atoms with Crippen molar-refractivity contribution in [2.75, 3.05) is 24.5 Å². The summed E-state index contributed by atoms with van der Waals surface area (Å²) in [6, 6.07) is 7.49. The molecule has 1 aliphatic rings. The van der Waals surface area contributed by atoms with Crippen LogP contribution in [0.15, 0.2) is 24.3 Å². The summed E-state index contributed by atoms with van der Waals surface area (Å²) in [5, 5.41) is 2.15. The molecule has 0 fully saturated rings. The lowest BCUT2D eigenvalue weighted by molar-refractivity contribution is -0.122. The van der Waals surface area contributed by atoms with Crippen molar-refractivity contribution >= 4 is 29.9 Å². The zero-order valence-electron chi connectivity index (χ0n) is 12.6. The number of rotatable bonds is 6. The third-order valence-electron chi connectivity index (χ3n) is 3.60. The second-order valence-electron chi connectivity index (χ2n) is 5.26. The number of carbonyl (C=O) groups excluding carboxylic acids is 2. The van der Waals surface area contributed by atoms with Crippen LogP contribution in [0, 0.1) is 0 Å². The molecule has 0 radical (unpaired) electrons. The Morgan fingerprint density at radius 1 is 1.30 bits per heavy atom. The summed E-state index contributed by atoms with van der Waals surface area (Å²) in [7, 11) is 0. The van der Waals surface area contributed by atoms with Crippen LogP contribution in [0.25, 0.3) is 0 Å². The van der Waals surface area contributed by atoms with Gasteiger partial charge >= 0.3 is 0 Å². The molecule has 2 amide bonds. The van der Waals surface area contributed by atoms with Gasteiger partial charge in [0.1, 0.15) is 0 Å². The molecule has 5 nitrogen and oxygen atoms in total. The Morgan fingerprint density at radius 2 is 2.00 bits per heavy atom. The van der Waals surface area contributed by atoms with Gasteiger partial charge in [-0.3, -0.25) is 9.59 Å². The van der Waals surface area contributed by atoms with Crippen LogP contribution in [0.5, 0.6) is 0 Å². The number of nitrogens with one attached hydrogen (secondary N) is 1. The van der Waals surface area contributed by atoms with E-state index in [9.17, 15) is 18.4 Å². The summed E-state index contributed by atoms with van der Waals surface area (Å²) in [6.45, 7) is -1.42. The average molecular weight is 348 g/mol. The number of benzene rings is 1. The highest BCUT2D eigenvalue weighted by Gasteiger charge is 2.28. The van der Waals surface area contributed by atoms with E-state index in [1.165, 1.54) is 0 Å². The average Bonchev–Trinajstić information content (AvgIpc) is 2.52. The number of nitrogens with zero attached hydrogens (tertiary/aromatic N) is 1. The maximum atomic E-state index is 13.0. The van der Waals surface area contributed by atoms with Gasteiger partial charge in [0, 0.05) is 25.1 Å². The van der Waals surface area contributed by atoms with Gasteiger partial charge in [-0.2, -0.15) is 0 Å². The lowest BCUT2D eigenvalue weighted by Crippen LogP contribution is -2.43. The van der Waals surface area contributed by atoms with Crippen LogP contribution in [0.1, 0.15) is 18.4 Å². The number of anilines is 1. The van der Waals surface area contributed by atoms with E-state index < -0.39 is 24.9 Å². The molecule has 1 heterocycles. The molecule has 1 aliphatic heterocycles. The largest absolute Gasteiger partial charge is 0.350 e. The zero-order valence-corrected chi connectivity index (χ0v) is 13.4. The van der Waals surface area contributed by atoms with E-state index in [4.69, 9.17) is 5.73 Å². The first-order valence-electron chi connectivity index (χ1n) is 7.16. The fourth-order valence-corrected chi connectivity index (χ4v) is 2.34. The minimum atomic E-state index is -3.11. The van der Waals surface area contributed by atoms with E-state index in [1.807, 2.05) is 24.3 Å². The van der Waals surface area contributed by atoms with Gasteiger partial charge in [0.15, 0.2) is 0 Å². The third-order valence-corrected chi connectivity index (χ3v) is 3.60. The van der Waals surface area contributed by atoms with E-state index in [0.717, 1.165) is 11.3 Å². The van der Waals surface area contributed by atoms with Gasteiger partial charge in [-0.25, -0.2) is 8.78 Å². The Balaban J connectivity index is 0.00000264. The van der Waals surface area contributed by atoms with Crippen molar-refractivity contribution in [1.82, 2.24) is 5.32 Å². The van der Waals surface area contributed by atoms with Crippen LogP contribution in [-0.2, 0) is 16.0 Å². The molecule has 23 heavy (non-hydrogen) atoms. The van der Waals surface area contributed by atoms with Crippen LogP contribution in [-0.4, -0.2) is 37.4 Å². The lowest BCUT2D eigenvalue weighted by Gasteiger charge is -2.29. The molecule has 3 N–H and O–H groups in total. The molecule has 1 aromatic carbocycles. The third kappa shape index (κ3) is 5.14. The van der Waals surface area contributed by atoms with Gasteiger partial charge in [-0.15, -0.1) is 12.4 Å². The van der Waals surface area contributed by atoms with Crippen LogP contribution >= 0.6 is 12.4 Å². The molecule has 0 aliphatic carbocycles. The Labute approximate surface area is 139 Å². The van der Waals surface area contributed by atoms with Gasteiger partial charge in [0.25, 0.3) is 5.92 Å². The number of nitrogens with two attached hydrogens (primary N) is 1. The van der Waals surface area contributed by atoms with E-state index in [1.54, 1.807) is 4.90 Å². The van der Waals surface area contributed by atoms with Gasteiger partial charge in [0.2, 0.25) is 11.8 Å². The predicted octanol–water partition coefficient (Wildman–Crippen LogP) is 1.49. The van der Waals surface area contributed by atoms with Gasteiger partial charge in [-0.05, 0) is 18.1 Å². The first-order valence-corrected chi connectivity index (χ1v) is 7.16. The molecular weight excluding hydrogens is 328 g/mol. The van der Waals surface area contributed by atoms with Crippen molar-refractivity contribution in [2.45, 2.75) is 25.2 Å². The van der Waals surface area contributed by atoms with Crippen LogP contribution in [0.4, 0.5) is 14.5 Å². The summed E-state index contributed by atoms with van der Waals surface area (Å²) >= 11 is 0. The molecule has 0 atom stereocenters.